The number of nitrogens with zero attached hydrogens (tertiary/aromatic N) is 1. The van der Waals surface area contributed by atoms with Crippen molar-refractivity contribution in [1.82, 2.24) is 15.5 Å². The SMILES string of the molecule is CC(CCc1ccco1)NC(=O)CN1CCC(=O)NC1=O. The van der Waals surface area contributed by atoms with Crippen molar-refractivity contribution in [2.45, 2.75) is 32.2 Å². The molecule has 1 aromatic heterocycles. The Morgan fingerprint density at radius 1 is 1.52 bits per heavy atom. The zero-order valence-electron chi connectivity index (χ0n) is 11.9. The maximum absolute atomic E-state index is 11.9. The smallest absolute Gasteiger partial charge is 0.324 e. The van der Waals surface area contributed by atoms with Gasteiger partial charge in [0, 0.05) is 25.4 Å². The van der Waals surface area contributed by atoms with Crippen molar-refractivity contribution >= 4 is 17.8 Å². The van der Waals surface area contributed by atoms with Gasteiger partial charge >= 0.3 is 6.03 Å². The van der Waals surface area contributed by atoms with Crippen LogP contribution in [0.5, 0.6) is 0 Å². The fourth-order valence-electron chi connectivity index (χ4n) is 2.13. The molecule has 0 aromatic carbocycles. The molecule has 7 heteroatoms. The monoisotopic (exact) mass is 293 g/mol. The lowest BCUT2D eigenvalue weighted by molar-refractivity contribution is -0.125. The van der Waals surface area contributed by atoms with Gasteiger partial charge in [-0.2, -0.15) is 0 Å². The molecule has 0 bridgehead atoms. The summed E-state index contributed by atoms with van der Waals surface area (Å²) >= 11 is 0. The van der Waals surface area contributed by atoms with Gasteiger partial charge in [0.05, 0.1) is 6.26 Å². The van der Waals surface area contributed by atoms with Crippen LogP contribution in [0.25, 0.3) is 0 Å². The standard InChI is InChI=1S/C14H19N3O4/c1-10(4-5-11-3-2-8-21-11)15-13(19)9-17-7-6-12(18)16-14(17)20/h2-3,8,10H,4-7,9H2,1H3,(H,15,19)(H,16,18,20). The first-order valence-corrected chi connectivity index (χ1v) is 6.95. The Morgan fingerprint density at radius 2 is 2.33 bits per heavy atom. The second-order valence-corrected chi connectivity index (χ2v) is 5.11. The van der Waals surface area contributed by atoms with E-state index in [0.29, 0.717) is 0 Å². The maximum Gasteiger partial charge on any atom is 0.324 e. The minimum atomic E-state index is -0.510. The van der Waals surface area contributed by atoms with Gasteiger partial charge in [-0.1, -0.05) is 0 Å². The molecule has 21 heavy (non-hydrogen) atoms. The van der Waals surface area contributed by atoms with Crippen LogP contribution >= 0.6 is 0 Å². The summed E-state index contributed by atoms with van der Waals surface area (Å²) in [6.45, 7) is 2.14. The molecule has 1 aliphatic heterocycles. The number of carbonyl (C=O) groups is 3. The quantitative estimate of drug-likeness (QED) is 0.806. The Labute approximate surface area is 122 Å². The lowest BCUT2D eigenvalue weighted by Gasteiger charge is -2.26. The highest BCUT2D eigenvalue weighted by molar-refractivity contribution is 5.98. The van der Waals surface area contributed by atoms with E-state index in [1.54, 1.807) is 6.26 Å². The van der Waals surface area contributed by atoms with E-state index in [0.717, 1.165) is 18.6 Å². The molecule has 0 saturated carbocycles. The molecule has 7 nitrogen and oxygen atoms in total. The summed E-state index contributed by atoms with van der Waals surface area (Å²) in [6.07, 6.45) is 3.35. The molecule has 0 aliphatic carbocycles. The van der Waals surface area contributed by atoms with Crippen molar-refractivity contribution in [3.05, 3.63) is 24.2 Å². The van der Waals surface area contributed by atoms with Crippen molar-refractivity contribution in [2.24, 2.45) is 0 Å². The normalized spacial score (nSPS) is 16.5. The molecule has 2 heterocycles. The van der Waals surface area contributed by atoms with E-state index in [-0.39, 0.29) is 37.4 Å². The van der Waals surface area contributed by atoms with E-state index in [1.165, 1.54) is 4.90 Å². The molecule has 2 N–H and O–H groups in total. The molecule has 0 radical (unpaired) electrons. The maximum atomic E-state index is 11.9. The zero-order valence-corrected chi connectivity index (χ0v) is 11.9. The van der Waals surface area contributed by atoms with Gasteiger partial charge in [-0.3, -0.25) is 14.9 Å². The number of hydrogen-bond donors (Lipinski definition) is 2. The number of urea groups is 1. The van der Waals surface area contributed by atoms with Crippen molar-refractivity contribution in [1.29, 1.82) is 0 Å². The van der Waals surface area contributed by atoms with Crippen molar-refractivity contribution in [2.75, 3.05) is 13.1 Å². The number of carbonyl (C=O) groups excluding carboxylic acids is 3. The Bertz CT molecular complexity index is 512. The molecular formula is C14H19N3O4. The van der Waals surface area contributed by atoms with Gasteiger partial charge in [-0.15, -0.1) is 0 Å². The van der Waals surface area contributed by atoms with E-state index in [4.69, 9.17) is 4.42 Å². The number of nitrogens with one attached hydrogen (secondary N) is 2. The Hall–Kier alpha value is -2.31. The van der Waals surface area contributed by atoms with E-state index < -0.39 is 6.03 Å². The minimum Gasteiger partial charge on any atom is -0.469 e. The largest absolute Gasteiger partial charge is 0.469 e. The summed E-state index contributed by atoms with van der Waals surface area (Å²) in [4.78, 5) is 35.7. The lowest BCUT2D eigenvalue weighted by Crippen LogP contribution is -2.53. The van der Waals surface area contributed by atoms with Gasteiger partial charge in [-0.25, -0.2) is 4.79 Å². The predicted molar refractivity (Wildman–Crippen MR) is 74.4 cm³/mol. The summed E-state index contributed by atoms with van der Waals surface area (Å²) in [5.41, 5.74) is 0. The van der Waals surface area contributed by atoms with Crippen LogP contribution < -0.4 is 10.6 Å². The molecule has 2 rings (SSSR count). The Kier molecular flexibility index (Phi) is 4.97. The molecule has 1 saturated heterocycles. The van der Waals surface area contributed by atoms with Gasteiger partial charge in [0.15, 0.2) is 0 Å². The topological polar surface area (TPSA) is 91.7 Å². The molecule has 1 aromatic rings. The van der Waals surface area contributed by atoms with Crippen LogP contribution in [0.2, 0.25) is 0 Å². The zero-order chi connectivity index (χ0) is 15.2. The van der Waals surface area contributed by atoms with Crippen molar-refractivity contribution < 1.29 is 18.8 Å². The van der Waals surface area contributed by atoms with E-state index in [2.05, 4.69) is 10.6 Å². The van der Waals surface area contributed by atoms with Crippen LogP contribution in [0, 0.1) is 0 Å². The molecule has 0 spiro atoms. The number of hydrogen-bond acceptors (Lipinski definition) is 4. The van der Waals surface area contributed by atoms with Gasteiger partial charge in [-0.05, 0) is 25.5 Å². The number of aryl methyl sites for hydroxylation is 1. The first-order chi connectivity index (χ1) is 10.0. The third kappa shape index (κ3) is 4.62. The van der Waals surface area contributed by atoms with Crippen LogP contribution in [0.3, 0.4) is 0 Å². The molecule has 114 valence electrons. The first-order valence-electron chi connectivity index (χ1n) is 6.95. The average Bonchev–Trinajstić information content (AvgIpc) is 2.93. The third-order valence-electron chi connectivity index (χ3n) is 3.29. The Morgan fingerprint density at radius 3 is 3.00 bits per heavy atom. The van der Waals surface area contributed by atoms with Gasteiger partial charge in [0.2, 0.25) is 11.8 Å². The van der Waals surface area contributed by atoms with Crippen LogP contribution in [-0.4, -0.2) is 41.9 Å². The third-order valence-corrected chi connectivity index (χ3v) is 3.29. The number of imide groups is 1. The van der Waals surface area contributed by atoms with Crippen LogP contribution in [0.1, 0.15) is 25.5 Å². The van der Waals surface area contributed by atoms with Gasteiger partial charge in [0.25, 0.3) is 0 Å². The molecule has 1 unspecified atom stereocenters. The number of amides is 4. The summed E-state index contributed by atoms with van der Waals surface area (Å²) < 4.78 is 5.23. The summed E-state index contributed by atoms with van der Waals surface area (Å²) in [6, 6.07) is 3.19. The molecule has 1 aliphatic rings. The fraction of sp³-hybridized carbons (Fsp3) is 0.500. The van der Waals surface area contributed by atoms with Crippen molar-refractivity contribution in [3.8, 4) is 0 Å². The van der Waals surface area contributed by atoms with Crippen LogP contribution in [0.4, 0.5) is 4.79 Å². The average molecular weight is 293 g/mol. The molecule has 4 amide bonds. The highest BCUT2D eigenvalue weighted by Gasteiger charge is 2.24. The number of rotatable bonds is 6. The lowest BCUT2D eigenvalue weighted by atomic mass is 10.1. The molecule has 1 fully saturated rings. The fourth-order valence-corrected chi connectivity index (χ4v) is 2.13. The second-order valence-electron chi connectivity index (χ2n) is 5.11. The van der Waals surface area contributed by atoms with E-state index in [9.17, 15) is 14.4 Å². The summed E-state index contributed by atoms with van der Waals surface area (Å²) in [5, 5.41) is 5.02. The number of furan rings is 1. The van der Waals surface area contributed by atoms with Gasteiger partial charge < -0.3 is 14.6 Å². The van der Waals surface area contributed by atoms with Crippen molar-refractivity contribution in [3.63, 3.8) is 0 Å². The van der Waals surface area contributed by atoms with E-state index >= 15 is 0 Å². The van der Waals surface area contributed by atoms with Gasteiger partial charge in [0.1, 0.15) is 12.3 Å². The van der Waals surface area contributed by atoms with Crippen LogP contribution in [-0.2, 0) is 16.0 Å². The minimum absolute atomic E-state index is 0.0166. The Balaban J connectivity index is 1.71. The summed E-state index contributed by atoms with van der Waals surface area (Å²) in [5.74, 6) is 0.347. The highest BCUT2D eigenvalue weighted by Crippen LogP contribution is 2.06. The summed E-state index contributed by atoms with van der Waals surface area (Å²) in [7, 11) is 0. The molecular weight excluding hydrogens is 274 g/mol. The van der Waals surface area contributed by atoms with Crippen LogP contribution in [0.15, 0.2) is 22.8 Å². The molecule has 1 atom stereocenters. The van der Waals surface area contributed by atoms with E-state index in [1.807, 2.05) is 19.1 Å². The predicted octanol–water partition coefficient (Wildman–Crippen LogP) is 0.659. The second kappa shape index (κ2) is 6.92. The first kappa shape index (κ1) is 15.1. The highest BCUT2D eigenvalue weighted by atomic mass is 16.3.